The van der Waals surface area contributed by atoms with Crippen LogP contribution in [0.5, 0.6) is 0 Å². The van der Waals surface area contributed by atoms with Crippen LogP contribution in [-0.4, -0.2) is 17.5 Å². The molecule has 0 aromatic heterocycles. The molecule has 0 aliphatic heterocycles. The van der Waals surface area contributed by atoms with Crippen LogP contribution in [0, 0.1) is 9.49 Å². The minimum Gasteiger partial charge on any atom is -0.296 e. The van der Waals surface area contributed by atoms with E-state index in [0.717, 1.165) is 18.5 Å². The first-order chi connectivity index (χ1) is 7.81. The largest absolute Gasteiger partial charge is 0.296 e. The first-order valence-electron chi connectivity index (χ1n) is 6.30. The molecule has 86 valence electrons. The normalized spacial score (nSPS) is 20.4. The second-order valence-electron chi connectivity index (χ2n) is 5.23. The molecule has 3 rings (SSSR count). The summed E-state index contributed by atoms with van der Waals surface area (Å²) < 4.78 is 1.33. The Kier molecular flexibility index (Phi) is 3.20. The van der Waals surface area contributed by atoms with Gasteiger partial charge in [0.1, 0.15) is 0 Å². The molecule has 0 amide bonds. The molecule has 2 fully saturated rings. The summed E-state index contributed by atoms with van der Waals surface area (Å²) in [6.45, 7) is 2.51. The maximum absolute atomic E-state index is 2.71. The number of hydrogen-bond donors (Lipinski definition) is 0. The summed E-state index contributed by atoms with van der Waals surface area (Å²) in [5, 5.41) is 0. The van der Waals surface area contributed by atoms with Gasteiger partial charge in [-0.3, -0.25) is 4.90 Å². The molecule has 2 aliphatic carbocycles. The van der Waals surface area contributed by atoms with Gasteiger partial charge in [-0.25, -0.2) is 0 Å². The molecule has 1 nitrogen and oxygen atoms in total. The molecule has 0 bridgehead atoms. The van der Waals surface area contributed by atoms with Gasteiger partial charge >= 0.3 is 0 Å². The second kappa shape index (κ2) is 4.65. The van der Waals surface area contributed by atoms with Crippen LogP contribution < -0.4 is 0 Å². The van der Waals surface area contributed by atoms with Crippen molar-refractivity contribution in [1.82, 2.24) is 4.90 Å². The molecule has 0 radical (unpaired) electrons. The van der Waals surface area contributed by atoms with E-state index in [9.17, 15) is 0 Å². The lowest BCUT2D eigenvalue weighted by Gasteiger charge is -2.21. The third-order valence-electron chi connectivity index (χ3n) is 3.55. The van der Waals surface area contributed by atoms with Gasteiger partial charge in [-0.05, 0) is 71.9 Å². The Bertz CT molecular complexity index is 352. The molecule has 0 N–H and O–H groups in total. The summed E-state index contributed by atoms with van der Waals surface area (Å²) in [6, 6.07) is 9.91. The van der Waals surface area contributed by atoms with E-state index < -0.39 is 0 Å². The van der Waals surface area contributed by atoms with E-state index in [1.54, 1.807) is 0 Å². The van der Waals surface area contributed by atoms with Crippen LogP contribution >= 0.6 is 22.6 Å². The highest BCUT2D eigenvalue weighted by Crippen LogP contribution is 2.35. The highest BCUT2D eigenvalue weighted by atomic mass is 127. The first-order valence-corrected chi connectivity index (χ1v) is 7.37. The molecule has 2 saturated carbocycles. The Morgan fingerprint density at radius 2 is 1.75 bits per heavy atom. The van der Waals surface area contributed by atoms with Crippen LogP contribution in [0.15, 0.2) is 24.3 Å². The number of benzene rings is 1. The summed E-state index contributed by atoms with van der Waals surface area (Å²) in [5.74, 6) is 1.02. The van der Waals surface area contributed by atoms with Crippen LogP contribution in [0.2, 0.25) is 0 Å². The van der Waals surface area contributed by atoms with Gasteiger partial charge in [0.2, 0.25) is 0 Å². The molecule has 2 aliphatic rings. The number of rotatable bonds is 5. The van der Waals surface area contributed by atoms with E-state index >= 15 is 0 Å². The van der Waals surface area contributed by atoms with Gasteiger partial charge in [-0.2, -0.15) is 0 Å². The van der Waals surface area contributed by atoms with Crippen molar-refractivity contribution >= 4 is 22.6 Å². The smallest absolute Gasteiger partial charge is 0.0236 e. The SMILES string of the molecule is Ic1ccc(CN(CC2CC2)C2CC2)cc1. The van der Waals surface area contributed by atoms with Crippen molar-refractivity contribution in [3.8, 4) is 0 Å². The van der Waals surface area contributed by atoms with Crippen molar-refractivity contribution in [1.29, 1.82) is 0 Å². The van der Waals surface area contributed by atoms with Crippen molar-refractivity contribution in [2.45, 2.75) is 38.3 Å². The quantitative estimate of drug-likeness (QED) is 0.746. The maximum atomic E-state index is 2.71. The Hall–Kier alpha value is -0.0900. The summed E-state index contributed by atoms with van der Waals surface area (Å²) >= 11 is 2.37. The van der Waals surface area contributed by atoms with Crippen molar-refractivity contribution in [3.05, 3.63) is 33.4 Å². The van der Waals surface area contributed by atoms with E-state index in [2.05, 4.69) is 51.8 Å². The minimum atomic E-state index is 0.903. The van der Waals surface area contributed by atoms with Crippen molar-refractivity contribution < 1.29 is 0 Å². The Morgan fingerprint density at radius 3 is 2.31 bits per heavy atom. The first kappa shape index (κ1) is 11.0. The van der Waals surface area contributed by atoms with Crippen LogP contribution in [0.25, 0.3) is 0 Å². The van der Waals surface area contributed by atoms with E-state index in [1.165, 1.54) is 41.4 Å². The van der Waals surface area contributed by atoms with Crippen molar-refractivity contribution in [3.63, 3.8) is 0 Å². The average Bonchev–Trinajstić information content (AvgIpc) is 3.14. The minimum absolute atomic E-state index is 0.903. The van der Waals surface area contributed by atoms with Crippen LogP contribution in [0.4, 0.5) is 0 Å². The molecular formula is C14H18IN. The molecule has 0 spiro atoms. The molecule has 2 heteroatoms. The number of halogens is 1. The fourth-order valence-electron chi connectivity index (χ4n) is 2.24. The number of nitrogens with zero attached hydrogens (tertiary/aromatic N) is 1. The summed E-state index contributed by atoms with van der Waals surface area (Å²) in [7, 11) is 0. The van der Waals surface area contributed by atoms with E-state index in [-0.39, 0.29) is 0 Å². The fourth-order valence-corrected chi connectivity index (χ4v) is 2.60. The third-order valence-corrected chi connectivity index (χ3v) is 4.27. The monoisotopic (exact) mass is 327 g/mol. The van der Waals surface area contributed by atoms with Gasteiger partial charge in [0, 0.05) is 22.7 Å². The van der Waals surface area contributed by atoms with Crippen LogP contribution in [0.1, 0.15) is 31.2 Å². The summed E-state index contributed by atoms with van der Waals surface area (Å²) in [4.78, 5) is 2.71. The molecular weight excluding hydrogens is 309 g/mol. The fraction of sp³-hybridized carbons (Fsp3) is 0.571. The second-order valence-corrected chi connectivity index (χ2v) is 6.48. The van der Waals surface area contributed by atoms with Gasteiger partial charge in [-0.1, -0.05) is 12.1 Å². The zero-order valence-electron chi connectivity index (χ0n) is 9.53. The van der Waals surface area contributed by atoms with Gasteiger partial charge in [0.15, 0.2) is 0 Å². The highest BCUT2D eigenvalue weighted by Gasteiger charge is 2.33. The Balaban J connectivity index is 1.63. The standard InChI is InChI=1S/C14H18IN/c15-13-5-3-12(4-6-13)10-16(14-7-8-14)9-11-1-2-11/h3-6,11,14H,1-2,7-10H2. The lowest BCUT2D eigenvalue weighted by Crippen LogP contribution is -2.27. The Labute approximate surface area is 111 Å². The molecule has 1 aromatic rings. The Morgan fingerprint density at radius 1 is 1.06 bits per heavy atom. The molecule has 0 atom stereocenters. The van der Waals surface area contributed by atoms with Crippen LogP contribution in [0.3, 0.4) is 0 Å². The molecule has 0 heterocycles. The van der Waals surface area contributed by atoms with Crippen molar-refractivity contribution in [2.75, 3.05) is 6.54 Å². The lowest BCUT2D eigenvalue weighted by molar-refractivity contribution is 0.244. The van der Waals surface area contributed by atoms with Gasteiger partial charge in [-0.15, -0.1) is 0 Å². The highest BCUT2D eigenvalue weighted by molar-refractivity contribution is 14.1. The van der Waals surface area contributed by atoms with Crippen LogP contribution in [-0.2, 0) is 6.54 Å². The third kappa shape index (κ3) is 2.98. The van der Waals surface area contributed by atoms with E-state index in [1.807, 2.05) is 0 Å². The summed E-state index contributed by atoms with van der Waals surface area (Å²) in [5.41, 5.74) is 1.48. The van der Waals surface area contributed by atoms with Gasteiger partial charge in [0.25, 0.3) is 0 Å². The maximum Gasteiger partial charge on any atom is 0.0236 e. The predicted molar refractivity (Wildman–Crippen MR) is 75.3 cm³/mol. The average molecular weight is 327 g/mol. The van der Waals surface area contributed by atoms with E-state index in [0.29, 0.717) is 0 Å². The zero-order valence-corrected chi connectivity index (χ0v) is 11.7. The number of hydrogen-bond acceptors (Lipinski definition) is 1. The molecule has 0 saturated heterocycles. The summed E-state index contributed by atoms with van der Waals surface area (Å²) in [6.07, 6.45) is 5.79. The molecule has 1 aromatic carbocycles. The topological polar surface area (TPSA) is 3.24 Å². The van der Waals surface area contributed by atoms with Crippen molar-refractivity contribution in [2.24, 2.45) is 5.92 Å². The zero-order chi connectivity index (χ0) is 11.0. The lowest BCUT2D eigenvalue weighted by atomic mass is 10.2. The van der Waals surface area contributed by atoms with Gasteiger partial charge < -0.3 is 0 Å². The molecule has 16 heavy (non-hydrogen) atoms. The van der Waals surface area contributed by atoms with Gasteiger partial charge in [0.05, 0.1) is 0 Å². The predicted octanol–water partition coefficient (Wildman–Crippen LogP) is 3.67. The molecule has 0 unspecified atom stereocenters. The van der Waals surface area contributed by atoms with E-state index in [4.69, 9.17) is 0 Å².